The normalized spacial score (nSPS) is 12.8. The number of benzene rings is 2. The SMILES string of the molecule is NNC(c1cc2cc(F)ccc2o1)c1ccccc1Cl. The molecule has 1 aromatic heterocycles. The number of fused-ring (bicyclic) bond motifs is 1. The number of furan rings is 1. The number of hydrazine groups is 1. The van der Waals surface area contributed by atoms with Crippen LogP contribution in [0, 0.1) is 5.82 Å². The minimum Gasteiger partial charge on any atom is -0.459 e. The molecule has 0 fully saturated rings. The lowest BCUT2D eigenvalue weighted by Crippen LogP contribution is -2.28. The highest BCUT2D eigenvalue weighted by atomic mass is 35.5. The molecule has 0 saturated heterocycles. The van der Waals surface area contributed by atoms with Gasteiger partial charge in [-0.25, -0.2) is 9.82 Å². The van der Waals surface area contributed by atoms with E-state index in [1.54, 1.807) is 18.2 Å². The molecule has 0 spiro atoms. The Morgan fingerprint density at radius 2 is 1.95 bits per heavy atom. The average Bonchev–Trinajstić information content (AvgIpc) is 2.84. The minimum atomic E-state index is -0.390. The number of nitrogens with two attached hydrogens (primary N) is 1. The topological polar surface area (TPSA) is 51.2 Å². The van der Waals surface area contributed by atoms with Crippen molar-refractivity contribution in [3.05, 3.63) is 70.7 Å². The van der Waals surface area contributed by atoms with Crippen LogP contribution < -0.4 is 11.3 Å². The van der Waals surface area contributed by atoms with E-state index >= 15 is 0 Å². The lowest BCUT2D eigenvalue weighted by atomic mass is 10.0. The van der Waals surface area contributed by atoms with E-state index in [-0.39, 0.29) is 11.9 Å². The van der Waals surface area contributed by atoms with E-state index < -0.39 is 0 Å². The summed E-state index contributed by atoms with van der Waals surface area (Å²) in [6.45, 7) is 0. The Morgan fingerprint density at radius 1 is 1.15 bits per heavy atom. The molecular formula is C15H12ClFN2O. The van der Waals surface area contributed by atoms with E-state index in [9.17, 15) is 4.39 Å². The first-order valence-corrected chi connectivity index (χ1v) is 6.46. The van der Waals surface area contributed by atoms with E-state index in [0.717, 1.165) is 5.56 Å². The summed E-state index contributed by atoms with van der Waals surface area (Å²) < 4.78 is 18.9. The van der Waals surface area contributed by atoms with Gasteiger partial charge in [-0.3, -0.25) is 5.84 Å². The maximum atomic E-state index is 13.2. The highest BCUT2D eigenvalue weighted by Gasteiger charge is 2.19. The summed E-state index contributed by atoms with van der Waals surface area (Å²) in [4.78, 5) is 0. The number of hydrogen-bond donors (Lipinski definition) is 2. The number of hydrogen-bond acceptors (Lipinski definition) is 3. The predicted molar refractivity (Wildman–Crippen MR) is 76.8 cm³/mol. The van der Waals surface area contributed by atoms with Gasteiger partial charge in [-0.1, -0.05) is 29.8 Å². The number of halogens is 2. The fraction of sp³-hybridized carbons (Fsp3) is 0.0667. The van der Waals surface area contributed by atoms with Gasteiger partial charge < -0.3 is 4.42 Å². The molecular weight excluding hydrogens is 279 g/mol. The van der Waals surface area contributed by atoms with Crippen molar-refractivity contribution >= 4 is 22.6 Å². The van der Waals surface area contributed by atoms with Crippen molar-refractivity contribution in [3.63, 3.8) is 0 Å². The van der Waals surface area contributed by atoms with Crippen LogP contribution >= 0.6 is 11.6 Å². The Kier molecular flexibility index (Phi) is 3.44. The van der Waals surface area contributed by atoms with Crippen LogP contribution in [0.5, 0.6) is 0 Å². The van der Waals surface area contributed by atoms with E-state index in [1.807, 2.05) is 18.2 Å². The van der Waals surface area contributed by atoms with Crippen LogP contribution in [-0.2, 0) is 0 Å². The minimum absolute atomic E-state index is 0.306. The van der Waals surface area contributed by atoms with Gasteiger partial charge in [0.2, 0.25) is 0 Å². The number of rotatable bonds is 3. The summed E-state index contributed by atoms with van der Waals surface area (Å²) in [6.07, 6.45) is 0. The first kappa shape index (κ1) is 13.1. The van der Waals surface area contributed by atoms with Crippen LogP contribution in [-0.4, -0.2) is 0 Å². The van der Waals surface area contributed by atoms with Crippen molar-refractivity contribution in [2.45, 2.75) is 6.04 Å². The van der Waals surface area contributed by atoms with Gasteiger partial charge in [-0.05, 0) is 35.9 Å². The highest BCUT2D eigenvalue weighted by molar-refractivity contribution is 6.31. The maximum absolute atomic E-state index is 13.2. The smallest absolute Gasteiger partial charge is 0.134 e. The molecule has 0 aliphatic heterocycles. The fourth-order valence-electron chi connectivity index (χ4n) is 2.21. The fourth-order valence-corrected chi connectivity index (χ4v) is 2.46. The summed E-state index contributed by atoms with van der Waals surface area (Å²) in [5, 5.41) is 1.27. The van der Waals surface area contributed by atoms with Crippen molar-refractivity contribution in [3.8, 4) is 0 Å². The third-order valence-corrected chi connectivity index (χ3v) is 3.51. The van der Waals surface area contributed by atoms with Crippen LogP contribution in [0.2, 0.25) is 5.02 Å². The quantitative estimate of drug-likeness (QED) is 0.570. The Morgan fingerprint density at radius 3 is 2.70 bits per heavy atom. The zero-order valence-electron chi connectivity index (χ0n) is 10.4. The van der Waals surface area contributed by atoms with Crippen molar-refractivity contribution in [1.82, 2.24) is 5.43 Å². The standard InChI is InChI=1S/C15H12ClFN2O/c16-12-4-2-1-3-11(12)15(19-18)14-8-9-7-10(17)5-6-13(9)20-14/h1-8,15,19H,18H2. The summed E-state index contributed by atoms with van der Waals surface area (Å²) in [7, 11) is 0. The second-order valence-corrected chi connectivity index (χ2v) is 4.86. The van der Waals surface area contributed by atoms with Gasteiger partial charge in [0, 0.05) is 10.4 Å². The number of nitrogens with one attached hydrogen (secondary N) is 1. The molecule has 3 aromatic rings. The van der Waals surface area contributed by atoms with Gasteiger partial charge in [-0.15, -0.1) is 0 Å². The second kappa shape index (κ2) is 5.25. The highest BCUT2D eigenvalue weighted by Crippen LogP contribution is 2.31. The molecule has 3 nitrogen and oxygen atoms in total. The molecule has 102 valence electrons. The molecule has 20 heavy (non-hydrogen) atoms. The van der Waals surface area contributed by atoms with Crippen LogP contribution in [0.15, 0.2) is 52.9 Å². The molecule has 3 rings (SSSR count). The van der Waals surface area contributed by atoms with Gasteiger partial charge in [-0.2, -0.15) is 0 Å². The molecule has 2 aromatic carbocycles. The second-order valence-electron chi connectivity index (χ2n) is 4.45. The molecule has 0 amide bonds. The molecule has 0 radical (unpaired) electrons. The molecule has 0 aliphatic rings. The van der Waals surface area contributed by atoms with Crippen LogP contribution in [0.1, 0.15) is 17.4 Å². The summed E-state index contributed by atoms with van der Waals surface area (Å²) in [6, 6.07) is 13.1. The lowest BCUT2D eigenvalue weighted by Gasteiger charge is -2.14. The van der Waals surface area contributed by atoms with E-state index in [1.165, 1.54) is 12.1 Å². The van der Waals surface area contributed by atoms with Crippen molar-refractivity contribution in [1.29, 1.82) is 0 Å². The Labute approximate surface area is 120 Å². The van der Waals surface area contributed by atoms with Crippen molar-refractivity contribution < 1.29 is 8.81 Å². The molecule has 1 atom stereocenters. The Hall–Kier alpha value is -1.88. The van der Waals surface area contributed by atoms with Gasteiger partial charge in [0.25, 0.3) is 0 Å². The molecule has 1 heterocycles. The van der Waals surface area contributed by atoms with Gasteiger partial charge in [0.1, 0.15) is 23.2 Å². The monoisotopic (exact) mass is 290 g/mol. The molecule has 5 heteroatoms. The zero-order valence-corrected chi connectivity index (χ0v) is 11.2. The molecule has 1 unspecified atom stereocenters. The van der Waals surface area contributed by atoms with E-state index in [2.05, 4.69) is 5.43 Å². The van der Waals surface area contributed by atoms with E-state index in [0.29, 0.717) is 21.8 Å². The molecule has 0 saturated carbocycles. The van der Waals surface area contributed by atoms with Crippen molar-refractivity contribution in [2.75, 3.05) is 0 Å². The first-order valence-electron chi connectivity index (χ1n) is 6.08. The zero-order chi connectivity index (χ0) is 14.1. The third kappa shape index (κ3) is 2.29. The summed E-state index contributed by atoms with van der Waals surface area (Å²) >= 11 is 6.17. The van der Waals surface area contributed by atoms with Crippen molar-refractivity contribution in [2.24, 2.45) is 5.84 Å². The third-order valence-electron chi connectivity index (χ3n) is 3.16. The first-order chi connectivity index (χ1) is 9.69. The Balaban J connectivity index is 2.10. The average molecular weight is 291 g/mol. The van der Waals surface area contributed by atoms with Crippen LogP contribution in [0.4, 0.5) is 4.39 Å². The molecule has 0 aliphatic carbocycles. The van der Waals surface area contributed by atoms with Gasteiger partial charge in [0.05, 0.1) is 0 Å². The van der Waals surface area contributed by atoms with Crippen LogP contribution in [0.25, 0.3) is 11.0 Å². The lowest BCUT2D eigenvalue weighted by molar-refractivity contribution is 0.477. The van der Waals surface area contributed by atoms with Gasteiger partial charge >= 0.3 is 0 Å². The van der Waals surface area contributed by atoms with E-state index in [4.69, 9.17) is 21.9 Å². The van der Waals surface area contributed by atoms with Gasteiger partial charge in [0.15, 0.2) is 0 Å². The Bertz CT molecular complexity index is 756. The summed E-state index contributed by atoms with van der Waals surface area (Å²) in [5.74, 6) is 5.89. The summed E-state index contributed by atoms with van der Waals surface area (Å²) in [5.41, 5.74) is 4.09. The largest absolute Gasteiger partial charge is 0.459 e. The maximum Gasteiger partial charge on any atom is 0.134 e. The predicted octanol–water partition coefficient (Wildman–Crippen LogP) is 3.78. The molecule has 0 bridgehead atoms. The molecule has 3 N–H and O–H groups in total. The van der Waals surface area contributed by atoms with Crippen LogP contribution in [0.3, 0.4) is 0 Å².